The van der Waals surface area contributed by atoms with Gasteiger partial charge in [-0.2, -0.15) is 0 Å². The van der Waals surface area contributed by atoms with Crippen LogP contribution in [-0.2, 0) is 13.1 Å². The fourth-order valence-corrected chi connectivity index (χ4v) is 3.35. The fraction of sp³-hybridized carbons (Fsp3) is 0.409. The normalized spacial score (nSPS) is 14.3. The second-order valence-corrected chi connectivity index (χ2v) is 6.74. The van der Waals surface area contributed by atoms with Gasteiger partial charge in [-0.25, -0.2) is 0 Å². The number of guanidine groups is 1. The largest absolute Gasteiger partial charge is 0.493 e. The minimum atomic E-state index is 0. The van der Waals surface area contributed by atoms with Crippen LogP contribution in [0.3, 0.4) is 0 Å². The van der Waals surface area contributed by atoms with Gasteiger partial charge in [0.25, 0.3) is 0 Å². The molecule has 0 aromatic heterocycles. The van der Waals surface area contributed by atoms with Crippen LogP contribution in [0.15, 0.2) is 53.5 Å². The summed E-state index contributed by atoms with van der Waals surface area (Å²) in [5, 5.41) is 6.72. The quantitative estimate of drug-likeness (QED) is 0.338. The number of aliphatic imine (C=N–C) groups is 1. The smallest absolute Gasteiger partial charge is 0.191 e. The summed E-state index contributed by atoms with van der Waals surface area (Å²) in [6, 6.07) is 16.3. The summed E-state index contributed by atoms with van der Waals surface area (Å²) in [6.07, 6.45) is 5.00. The molecule has 0 amide bonds. The molecule has 1 aliphatic rings. The number of rotatable bonds is 7. The highest BCUT2D eigenvalue weighted by Crippen LogP contribution is 2.34. The van der Waals surface area contributed by atoms with Gasteiger partial charge in [0.1, 0.15) is 0 Å². The Hall–Kier alpha value is -1.96. The van der Waals surface area contributed by atoms with Gasteiger partial charge in [-0.1, -0.05) is 42.5 Å². The Morgan fingerprint density at radius 3 is 2.39 bits per heavy atom. The van der Waals surface area contributed by atoms with Gasteiger partial charge < -0.3 is 20.1 Å². The van der Waals surface area contributed by atoms with E-state index in [4.69, 9.17) is 9.47 Å². The van der Waals surface area contributed by atoms with Crippen LogP contribution < -0.4 is 20.1 Å². The topological polar surface area (TPSA) is 54.9 Å². The number of hydrogen-bond acceptors (Lipinski definition) is 3. The Morgan fingerprint density at radius 1 is 1.00 bits per heavy atom. The number of benzene rings is 2. The van der Waals surface area contributed by atoms with E-state index in [0.717, 1.165) is 42.4 Å². The van der Waals surface area contributed by atoms with Crippen molar-refractivity contribution in [2.75, 3.05) is 14.2 Å². The van der Waals surface area contributed by atoms with Crippen molar-refractivity contribution in [2.24, 2.45) is 4.99 Å². The van der Waals surface area contributed by atoms with Gasteiger partial charge in [0.15, 0.2) is 17.5 Å². The van der Waals surface area contributed by atoms with Gasteiger partial charge in [-0.3, -0.25) is 4.99 Å². The van der Waals surface area contributed by atoms with Crippen LogP contribution in [0.4, 0.5) is 0 Å². The predicted molar refractivity (Wildman–Crippen MR) is 125 cm³/mol. The number of halogens is 1. The molecular formula is C22H30IN3O2. The van der Waals surface area contributed by atoms with Gasteiger partial charge in [0.2, 0.25) is 0 Å². The molecule has 0 aliphatic heterocycles. The van der Waals surface area contributed by atoms with Gasteiger partial charge >= 0.3 is 0 Å². The first-order chi connectivity index (χ1) is 13.3. The highest BCUT2D eigenvalue weighted by atomic mass is 127. The molecule has 28 heavy (non-hydrogen) atoms. The minimum Gasteiger partial charge on any atom is -0.493 e. The van der Waals surface area contributed by atoms with Crippen molar-refractivity contribution in [3.63, 3.8) is 0 Å². The molecule has 0 bridgehead atoms. The molecule has 0 saturated heterocycles. The lowest BCUT2D eigenvalue weighted by Gasteiger charge is -2.20. The molecule has 1 saturated carbocycles. The Morgan fingerprint density at radius 2 is 1.71 bits per heavy atom. The van der Waals surface area contributed by atoms with Gasteiger partial charge in [-0.05, 0) is 37.3 Å². The van der Waals surface area contributed by atoms with Crippen LogP contribution in [0.1, 0.15) is 36.8 Å². The molecule has 152 valence electrons. The van der Waals surface area contributed by atoms with Crippen LogP contribution in [0, 0.1) is 0 Å². The lowest BCUT2D eigenvalue weighted by atomic mass is 10.1. The van der Waals surface area contributed by atoms with Crippen molar-refractivity contribution >= 4 is 29.9 Å². The van der Waals surface area contributed by atoms with Crippen molar-refractivity contribution in [1.82, 2.24) is 10.6 Å². The number of ether oxygens (including phenoxy) is 2. The Bertz CT molecular complexity index is 747. The summed E-state index contributed by atoms with van der Waals surface area (Å²) in [4.78, 5) is 4.32. The number of nitrogens with zero attached hydrogens (tertiary/aromatic N) is 1. The van der Waals surface area contributed by atoms with Crippen LogP contribution in [-0.4, -0.2) is 26.2 Å². The number of para-hydroxylation sites is 1. The molecule has 0 spiro atoms. The first-order valence-corrected chi connectivity index (χ1v) is 9.61. The van der Waals surface area contributed by atoms with Crippen molar-refractivity contribution < 1.29 is 9.47 Å². The van der Waals surface area contributed by atoms with E-state index < -0.39 is 0 Å². The predicted octanol–water partition coefficient (Wildman–Crippen LogP) is 4.50. The average Bonchev–Trinajstić information content (AvgIpc) is 3.23. The molecule has 2 N–H and O–H groups in total. The van der Waals surface area contributed by atoms with Crippen LogP contribution in [0.5, 0.6) is 11.5 Å². The molecule has 1 aliphatic carbocycles. The molecule has 5 nitrogen and oxygen atoms in total. The molecule has 3 rings (SSSR count). The summed E-state index contributed by atoms with van der Waals surface area (Å²) in [6.45, 7) is 1.35. The van der Waals surface area contributed by atoms with E-state index in [0.29, 0.717) is 6.54 Å². The van der Waals surface area contributed by atoms with Crippen LogP contribution in [0.25, 0.3) is 0 Å². The van der Waals surface area contributed by atoms with E-state index >= 15 is 0 Å². The SMILES string of the molecule is CN=C(NCc1ccccc1)NCc1cccc(OC)c1OC1CCCC1.I. The average molecular weight is 495 g/mol. The van der Waals surface area contributed by atoms with Crippen molar-refractivity contribution in [3.8, 4) is 11.5 Å². The molecule has 0 heterocycles. The molecule has 6 heteroatoms. The Balaban J connectivity index is 0.00000280. The van der Waals surface area contributed by atoms with Crippen LogP contribution in [0.2, 0.25) is 0 Å². The zero-order valence-corrected chi connectivity index (χ0v) is 18.9. The van der Waals surface area contributed by atoms with E-state index in [-0.39, 0.29) is 30.1 Å². The number of hydrogen-bond donors (Lipinski definition) is 2. The first-order valence-electron chi connectivity index (χ1n) is 9.61. The fourth-order valence-electron chi connectivity index (χ4n) is 3.35. The number of methoxy groups -OCH3 is 1. The van der Waals surface area contributed by atoms with E-state index in [1.807, 2.05) is 30.3 Å². The Kier molecular flexibility index (Phi) is 9.40. The minimum absolute atomic E-state index is 0. The molecule has 0 atom stereocenters. The van der Waals surface area contributed by atoms with Crippen LogP contribution >= 0.6 is 24.0 Å². The van der Waals surface area contributed by atoms with Gasteiger partial charge in [0, 0.05) is 25.7 Å². The second kappa shape index (κ2) is 11.8. The van der Waals surface area contributed by atoms with E-state index in [2.05, 4.69) is 33.8 Å². The third kappa shape index (κ3) is 6.29. The lowest BCUT2D eigenvalue weighted by molar-refractivity contribution is 0.198. The van der Waals surface area contributed by atoms with Crippen molar-refractivity contribution in [1.29, 1.82) is 0 Å². The molecular weight excluding hydrogens is 465 g/mol. The summed E-state index contributed by atoms with van der Waals surface area (Å²) < 4.78 is 11.8. The standard InChI is InChI=1S/C22H29N3O2.HI/c1-23-22(24-15-17-9-4-3-5-10-17)25-16-18-11-8-14-20(26-2)21(18)27-19-12-6-7-13-19;/h3-5,8-11,14,19H,6-7,12-13,15-16H2,1-2H3,(H2,23,24,25);1H. The lowest BCUT2D eigenvalue weighted by Crippen LogP contribution is -2.36. The molecule has 2 aromatic carbocycles. The summed E-state index contributed by atoms with van der Waals surface area (Å²) in [7, 11) is 3.47. The van der Waals surface area contributed by atoms with Gasteiger partial charge in [0.05, 0.1) is 13.2 Å². The summed E-state index contributed by atoms with van der Waals surface area (Å²) in [5.74, 6) is 2.39. The monoisotopic (exact) mass is 495 g/mol. The zero-order valence-electron chi connectivity index (χ0n) is 16.6. The third-order valence-corrected chi connectivity index (χ3v) is 4.84. The Labute approximate surface area is 184 Å². The maximum Gasteiger partial charge on any atom is 0.191 e. The van der Waals surface area contributed by atoms with Gasteiger partial charge in [-0.15, -0.1) is 24.0 Å². The summed E-state index contributed by atoms with van der Waals surface area (Å²) >= 11 is 0. The number of nitrogens with one attached hydrogen (secondary N) is 2. The van der Waals surface area contributed by atoms with E-state index in [1.54, 1.807) is 14.2 Å². The van der Waals surface area contributed by atoms with Crippen molar-refractivity contribution in [3.05, 3.63) is 59.7 Å². The summed E-state index contributed by atoms with van der Waals surface area (Å²) in [5.41, 5.74) is 2.29. The first kappa shape index (κ1) is 22.3. The molecule has 1 fully saturated rings. The zero-order chi connectivity index (χ0) is 18.9. The van der Waals surface area contributed by atoms with Crippen molar-refractivity contribution in [2.45, 2.75) is 44.9 Å². The van der Waals surface area contributed by atoms with E-state index in [1.165, 1.54) is 18.4 Å². The highest BCUT2D eigenvalue weighted by Gasteiger charge is 2.20. The second-order valence-electron chi connectivity index (χ2n) is 6.74. The molecule has 0 radical (unpaired) electrons. The maximum absolute atomic E-state index is 6.30. The third-order valence-electron chi connectivity index (χ3n) is 4.84. The molecule has 2 aromatic rings. The van der Waals surface area contributed by atoms with E-state index in [9.17, 15) is 0 Å². The maximum atomic E-state index is 6.30. The highest BCUT2D eigenvalue weighted by molar-refractivity contribution is 14.0. The molecule has 0 unspecified atom stereocenters.